The molecule has 1 aliphatic rings. The first-order valence-corrected chi connectivity index (χ1v) is 7.83. The van der Waals surface area contributed by atoms with Crippen molar-refractivity contribution in [3.63, 3.8) is 0 Å². The number of benzene rings is 2. The van der Waals surface area contributed by atoms with Gasteiger partial charge in [-0.3, -0.25) is 4.90 Å². The van der Waals surface area contributed by atoms with E-state index in [1.807, 2.05) is 0 Å². The molecule has 0 amide bonds. The number of fused-ring (bicyclic) bond motifs is 2. The second-order valence-electron chi connectivity index (χ2n) is 5.83. The van der Waals surface area contributed by atoms with Crippen LogP contribution in [0.5, 0.6) is 0 Å². The molecule has 2 heteroatoms. The standard InChI is InChI=1S/C19H23NO/c21-13-5-12-20-14-18-8-3-1-6-16(18)10-11-17-7-2-4-9-19(17)15-20/h1-4,6-9,21H,5,10-15H2. The lowest BCUT2D eigenvalue weighted by molar-refractivity contribution is 0.212. The van der Waals surface area contributed by atoms with Crippen LogP contribution in [0.2, 0.25) is 0 Å². The van der Waals surface area contributed by atoms with Gasteiger partial charge in [-0.2, -0.15) is 0 Å². The number of hydrogen-bond acceptors (Lipinski definition) is 2. The minimum atomic E-state index is 0.264. The summed E-state index contributed by atoms with van der Waals surface area (Å²) in [6, 6.07) is 17.6. The summed E-state index contributed by atoms with van der Waals surface area (Å²) in [5, 5.41) is 9.14. The van der Waals surface area contributed by atoms with Crippen LogP contribution in [0, 0.1) is 0 Å². The van der Waals surface area contributed by atoms with E-state index in [9.17, 15) is 0 Å². The zero-order chi connectivity index (χ0) is 14.5. The summed E-state index contributed by atoms with van der Waals surface area (Å²) < 4.78 is 0. The Bertz CT molecular complexity index is 544. The first kappa shape index (κ1) is 14.3. The van der Waals surface area contributed by atoms with Gasteiger partial charge < -0.3 is 5.11 Å². The van der Waals surface area contributed by atoms with Gasteiger partial charge in [-0.25, -0.2) is 0 Å². The number of rotatable bonds is 3. The van der Waals surface area contributed by atoms with E-state index in [-0.39, 0.29) is 6.61 Å². The number of aryl methyl sites for hydroxylation is 2. The summed E-state index contributed by atoms with van der Waals surface area (Å²) in [6.07, 6.45) is 3.06. The van der Waals surface area contributed by atoms with Gasteiger partial charge in [0.2, 0.25) is 0 Å². The predicted molar refractivity (Wildman–Crippen MR) is 86.1 cm³/mol. The molecule has 110 valence electrons. The van der Waals surface area contributed by atoms with Crippen molar-refractivity contribution < 1.29 is 5.11 Å². The summed E-state index contributed by atoms with van der Waals surface area (Å²) in [7, 11) is 0. The Kier molecular flexibility index (Phi) is 4.69. The molecule has 0 unspecified atom stereocenters. The van der Waals surface area contributed by atoms with E-state index in [0.717, 1.165) is 38.9 Å². The lowest BCUT2D eigenvalue weighted by atomic mass is 9.98. The maximum Gasteiger partial charge on any atom is 0.0443 e. The Morgan fingerprint density at radius 3 is 1.71 bits per heavy atom. The molecule has 0 spiro atoms. The Balaban J connectivity index is 1.92. The molecule has 3 rings (SSSR count). The largest absolute Gasteiger partial charge is 0.396 e. The number of aliphatic hydroxyl groups is 1. The smallest absolute Gasteiger partial charge is 0.0443 e. The molecule has 0 saturated heterocycles. The fraction of sp³-hybridized carbons (Fsp3) is 0.368. The summed E-state index contributed by atoms with van der Waals surface area (Å²) in [5.74, 6) is 0. The van der Waals surface area contributed by atoms with Crippen LogP contribution in [-0.2, 0) is 25.9 Å². The molecule has 1 aliphatic heterocycles. The summed E-state index contributed by atoms with van der Waals surface area (Å²) in [5.41, 5.74) is 5.79. The molecule has 1 heterocycles. The minimum absolute atomic E-state index is 0.264. The average Bonchev–Trinajstić information content (AvgIpc) is 2.60. The van der Waals surface area contributed by atoms with E-state index in [0.29, 0.717) is 0 Å². The van der Waals surface area contributed by atoms with Gasteiger partial charge in [-0.05, 0) is 41.5 Å². The molecular formula is C19H23NO. The Hall–Kier alpha value is -1.64. The van der Waals surface area contributed by atoms with Crippen molar-refractivity contribution in [2.75, 3.05) is 13.2 Å². The molecule has 0 fully saturated rings. The van der Waals surface area contributed by atoms with Crippen molar-refractivity contribution in [1.82, 2.24) is 4.90 Å². The molecule has 0 atom stereocenters. The van der Waals surface area contributed by atoms with Crippen LogP contribution < -0.4 is 0 Å². The van der Waals surface area contributed by atoms with E-state index < -0.39 is 0 Å². The van der Waals surface area contributed by atoms with E-state index in [1.165, 1.54) is 22.3 Å². The van der Waals surface area contributed by atoms with Crippen LogP contribution in [0.4, 0.5) is 0 Å². The maximum absolute atomic E-state index is 9.14. The number of nitrogens with zero attached hydrogens (tertiary/aromatic N) is 1. The third kappa shape index (κ3) is 3.52. The molecule has 0 aliphatic carbocycles. The molecule has 2 aromatic carbocycles. The third-order valence-electron chi connectivity index (χ3n) is 4.32. The lowest BCUT2D eigenvalue weighted by Gasteiger charge is -2.23. The quantitative estimate of drug-likeness (QED) is 0.934. The Labute approximate surface area is 127 Å². The zero-order valence-electron chi connectivity index (χ0n) is 12.5. The summed E-state index contributed by atoms with van der Waals surface area (Å²) >= 11 is 0. The number of aliphatic hydroxyl groups excluding tert-OH is 1. The maximum atomic E-state index is 9.14. The molecule has 21 heavy (non-hydrogen) atoms. The summed E-state index contributed by atoms with van der Waals surface area (Å²) in [6.45, 7) is 3.16. The van der Waals surface area contributed by atoms with Crippen molar-refractivity contribution in [2.45, 2.75) is 32.4 Å². The lowest BCUT2D eigenvalue weighted by Crippen LogP contribution is -2.25. The molecule has 0 radical (unpaired) electrons. The van der Waals surface area contributed by atoms with Gasteiger partial charge in [0, 0.05) is 26.2 Å². The highest BCUT2D eigenvalue weighted by molar-refractivity contribution is 5.33. The van der Waals surface area contributed by atoms with Crippen molar-refractivity contribution in [3.05, 3.63) is 70.8 Å². The van der Waals surface area contributed by atoms with Gasteiger partial charge in [0.1, 0.15) is 0 Å². The van der Waals surface area contributed by atoms with E-state index in [1.54, 1.807) is 0 Å². The van der Waals surface area contributed by atoms with Crippen LogP contribution in [0.25, 0.3) is 0 Å². The first-order chi connectivity index (χ1) is 10.4. The van der Waals surface area contributed by atoms with Crippen LogP contribution in [0.3, 0.4) is 0 Å². The topological polar surface area (TPSA) is 23.5 Å². The minimum Gasteiger partial charge on any atom is -0.396 e. The highest BCUT2D eigenvalue weighted by Gasteiger charge is 2.14. The molecule has 0 bridgehead atoms. The van der Waals surface area contributed by atoms with Gasteiger partial charge in [-0.15, -0.1) is 0 Å². The molecule has 0 aromatic heterocycles. The molecule has 0 saturated carbocycles. The molecule has 2 nitrogen and oxygen atoms in total. The molecule has 2 aromatic rings. The van der Waals surface area contributed by atoms with Gasteiger partial charge in [0.05, 0.1) is 0 Å². The van der Waals surface area contributed by atoms with Gasteiger partial charge >= 0.3 is 0 Å². The molecular weight excluding hydrogens is 258 g/mol. The van der Waals surface area contributed by atoms with E-state index >= 15 is 0 Å². The summed E-state index contributed by atoms with van der Waals surface area (Å²) in [4.78, 5) is 2.46. The highest BCUT2D eigenvalue weighted by atomic mass is 16.3. The predicted octanol–water partition coefficient (Wildman–Crippen LogP) is 3.17. The Morgan fingerprint density at radius 1 is 0.762 bits per heavy atom. The van der Waals surface area contributed by atoms with Crippen molar-refractivity contribution >= 4 is 0 Å². The Morgan fingerprint density at radius 2 is 1.24 bits per heavy atom. The van der Waals surface area contributed by atoms with Gasteiger partial charge in [0.15, 0.2) is 0 Å². The van der Waals surface area contributed by atoms with E-state index in [4.69, 9.17) is 5.11 Å². The van der Waals surface area contributed by atoms with Crippen molar-refractivity contribution in [1.29, 1.82) is 0 Å². The van der Waals surface area contributed by atoms with Crippen LogP contribution in [-0.4, -0.2) is 23.2 Å². The van der Waals surface area contributed by atoms with E-state index in [2.05, 4.69) is 53.4 Å². The second kappa shape index (κ2) is 6.88. The third-order valence-corrected chi connectivity index (χ3v) is 4.32. The normalized spacial score (nSPS) is 15.5. The first-order valence-electron chi connectivity index (χ1n) is 7.83. The molecule has 1 N–H and O–H groups in total. The number of hydrogen-bond donors (Lipinski definition) is 1. The van der Waals surface area contributed by atoms with Crippen LogP contribution >= 0.6 is 0 Å². The fourth-order valence-corrected chi connectivity index (χ4v) is 3.17. The van der Waals surface area contributed by atoms with Crippen LogP contribution in [0.1, 0.15) is 28.7 Å². The zero-order valence-corrected chi connectivity index (χ0v) is 12.5. The van der Waals surface area contributed by atoms with Crippen molar-refractivity contribution in [2.24, 2.45) is 0 Å². The second-order valence-corrected chi connectivity index (χ2v) is 5.83. The van der Waals surface area contributed by atoms with Crippen LogP contribution in [0.15, 0.2) is 48.5 Å². The monoisotopic (exact) mass is 281 g/mol. The highest BCUT2D eigenvalue weighted by Crippen LogP contribution is 2.22. The van der Waals surface area contributed by atoms with Gasteiger partial charge in [-0.1, -0.05) is 48.5 Å². The van der Waals surface area contributed by atoms with Gasteiger partial charge in [0.25, 0.3) is 0 Å². The SMILES string of the molecule is OCCCN1Cc2ccccc2CCc2ccccc2C1. The average molecular weight is 281 g/mol. The van der Waals surface area contributed by atoms with Crippen molar-refractivity contribution in [3.8, 4) is 0 Å². The fourth-order valence-electron chi connectivity index (χ4n) is 3.17.